The lowest BCUT2D eigenvalue weighted by atomic mass is 9.98. The van der Waals surface area contributed by atoms with Crippen LogP contribution < -0.4 is 4.90 Å². The number of nitrogens with zero attached hydrogens (tertiary/aromatic N) is 2. The molecule has 0 unspecified atom stereocenters. The molecule has 0 fully saturated rings. The Balaban J connectivity index is 1.70. The van der Waals surface area contributed by atoms with E-state index in [2.05, 4.69) is 42.3 Å². The fraction of sp³-hybridized carbons (Fsp3) is 0.562. The first-order chi connectivity index (χ1) is 17.7. The van der Waals surface area contributed by atoms with Crippen molar-refractivity contribution in [3.8, 4) is 6.07 Å². The van der Waals surface area contributed by atoms with Crippen LogP contribution in [0.3, 0.4) is 0 Å². The third-order valence-corrected chi connectivity index (χ3v) is 6.76. The van der Waals surface area contributed by atoms with E-state index in [-0.39, 0.29) is 12.2 Å². The average Bonchev–Trinajstić information content (AvgIpc) is 2.90. The van der Waals surface area contributed by atoms with Gasteiger partial charge in [-0.2, -0.15) is 5.26 Å². The topological polar surface area (TPSA) is 53.3 Å². The highest BCUT2D eigenvalue weighted by Gasteiger charge is 2.15. The van der Waals surface area contributed by atoms with Crippen molar-refractivity contribution in [2.45, 2.75) is 104 Å². The van der Waals surface area contributed by atoms with E-state index in [1.165, 1.54) is 95.6 Å². The number of para-hydroxylation sites is 1. The molecule has 4 nitrogen and oxygen atoms in total. The molecule has 0 atom stereocenters. The maximum atomic E-state index is 11.9. The SMILES string of the molecule is CCCCCCCCCCCCCCCCN1C=CC(=C/C=C(/C#N)C(=O)OCC)c2ccccc21. The fourth-order valence-electron chi connectivity index (χ4n) is 4.66. The highest BCUT2D eigenvalue weighted by Crippen LogP contribution is 2.33. The van der Waals surface area contributed by atoms with Crippen LogP contribution in [0.2, 0.25) is 0 Å². The Bertz CT molecular complexity index is 907. The van der Waals surface area contributed by atoms with E-state index in [1.807, 2.05) is 18.2 Å². The van der Waals surface area contributed by atoms with Crippen molar-refractivity contribution >= 4 is 17.2 Å². The molecule has 0 N–H and O–H groups in total. The minimum absolute atomic E-state index is 0.0140. The molecule has 0 spiro atoms. The summed E-state index contributed by atoms with van der Waals surface area (Å²) in [5.41, 5.74) is 3.28. The van der Waals surface area contributed by atoms with Crippen LogP contribution >= 0.6 is 0 Å². The van der Waals surface area contributed by atoms with Crippen LogP contribution in [0.1, 0.15) is 109 Å². The van der Waals surface area contributed by atoms with E-state index in [9.17, 15) is 10.1 Å². The van der Waals surface area contributed by atoms with Crippen molar-refractivity contribution in [2.24, 2.45) is 0 Å². The van der Waals surface area contributed by atoms with Gasteiger partial charge in [0.1, 0.15) is 11.6 Å². The molecule has 0 saturated heterocycles. The molecule has 0 radical (unpaired) electrons. The molecule has 1 aromatic carbocycles. The van der Waals surface area contributed by atoms with E-state index >= 15 is 0 Å². The first kappa shape index (κ1) is 29.4. The minimum atomic E-state index is -0.579. The van der Waals surface area contributed by atoms with Gasteiger partial charge >= 0.3 is 5.97 Å². The molecule has 0 bridgehead atoms. The maximum Gasteiger partial charge on any atom is 0.348 e. The van der Waals surface area contributed by atoms with Gasteiger partial charge in [0.05, 0.1) is 6.61 Å². The van der Waals surface area contributed by atoms with Crippen molar-refractivity contribution < 1.29 is 9.53 Å². The first-order valence-electron chi connectivity index (χ1n) is 14.2. The summed E-state index contributed by atoms with van der Waals surface area (Å²) in [4.78, 5) is 14.2. The van der Waals surface area contributed by atoms with Crippen molar-refractivity contribution in [3.05, 3.63) is 59.8 Å². The molecule has 196 valence electrons. The number of benzene rings is 1. The summed E-state index contributed by atoms with van der Waals surface area (Å²) in [6, 6.07) is 10.2. The van der Waals surface area contributed by atoms with Gasteiger partial charge in [-0.05, 0) is 37.1 Å². The summed E-state index contributed by atoms with van der Waals surface area (Å²) in [5, 5.41) is 9.27. The van der Waals surface area contributed by atoms with Crippen LogP contribution in [0, 0.1) is 11.3 Å². The van der Waals surface area contributed by atoms with Gasteiger partial charge in [0, 0.05) is 24.0 Å². The summed E-state index contributed by atoms with van der Waals surface area (Å²) in [5.74, 6) is -0.579. The number of anilines is 1. The summed E-state index contributed by atoms with van der Waals surface area (Å²) in [6.07, 6.45) is 26.7. The number of ether oxygens (including phenoxy) is 1. The van der Waals surface area contributed by atoms with Gasteiger partial charge in [0.2, 0.25) is 0 Å². The Morgan fingerprint density at radius 2 is 1.47 bits per heavy atom. The highest BCUT2D eigenvalue weighted by atomic mass is 16.5. The zero-order chi connectivity index (χ0) is 25.8. The van der Waals surface area contributed by atoms with Crippen LogP contribution in [0.5, 0.6) is 0 Å². The number of unbranched alkanes of at least 4 members (excludes halogenated alkanes) is 13. The minimum Gasteiger partial charge on any atom is -0.462 e. The lowest BCUT2D eigenvalue weighted by molar-refractivity contribution is -0.138. The number of hydrogen-bond acceptors (Lipinski definition) is 4. The molecule has 1 aliphatic rings. The standard InChI is InChI=1S/C32H46N2O2/c1-3-5-6-7-8-9-10-11-12-13-14-15-16-19-25-34-26-24-28(30-20-17-18-21-31(30)34)22-23-29(27-33)32(35)36-4-2/h17-18,20-24,26H,3-16,19,25H2,1-2H3/b28-22?,29-23-. The summed E-state index contributed by atoms with van der Waals surface area (Å²) in [7, 11) is 0. The number of allylic oxidation sites excluding steroid dienone is 4. The van der Waals surface area contributed by atoms with Crippen LogP contribution in [0.4, 0.5) is 5.69 Å². The molecule has 0 saturated carbocycles. The Labute approximate surface area is 219 Å². The van der Waals surface area contributed by atoms with Crippen LogP contribution in [0.15, 0.2) is 54.3 Å². The quantitative estimate of drug-likeness (QED) is 0.0892. The molecule has 4 heteroatoms. The molecular weight excluding hydrogens is 444 g/mol. The third-order valence-electron chi connectivity index (χ3n) is 6.76. The van der Waals surface area contributed by atoms with Gasteiger partial charge in [-0.3, -0.25) is 0 Å². The summed E-state index contributed by atoms with van der Waals surface area (Å²) >= 11 is 0. The monoisotopic (exact) mass is 490 g/mol. The number of fused-ring (bicyclic) bond motifs is 1. The highest BCUT2D eigenvalue weighted by molar-refractivity contribution is 5.94. The number of esters is 1. The normalized spacial score (nSPS) is 14.1. The third kappa shape index (κ3) is 10.9. The lowest BCUT2D eigenvalue weighted by Crippen LogP contribution is -2.21. The Kier molecular flexibility index (Phi) is 15.1. The van der Waals surface area contributed by atoms with Gasteiger partial charge in [-0.15, -0.1) is 0 Å². The second kappa shape index (κ2) is 18.5. The van der Waals surface area contributed by atoms with E-state index in [1.54, 1.807) is 13.0 Å². The molecule has 0 aromatic heterocycles. The molecule has 1 heterocycles. The zero-order valence-electron chi connectivity index (χ0n) is 22.6. The zero-order valence-corrected chi connectivity index (χ0v) is 22.6. The number of hydrogen-bond donors (Lipinski definition) is 0. The predicted octanol–water partition coefficient (Wildman–Crippen LogP) is 8.90. The molecule has 36 heavy (non-hydrogen) atoms. The molecule has 0 amide bonds. The van der Waals surface area contributed by atoms with Gasteiger partial charge in [-0.1, -0.05) is 115 Å². The van der Waals surface area contributed by atoms with E-state index in [0.29, 0.717) is 0 Å². The number of carbonyl (C=O) groups is 1. The molecule has 0 aliphatic carbocycles. The van der Waals surface area contributed by atoms with Crippen molar-refractivity contribution in [3.63, 3.8) is 0 Å². The smallest absolute Gasteiger partial charge is 0.348 e. The van der Waals surface area contributed by atoms with Crippen LogP contribution in [-0.4, -0.2) is 19.1 Å². The van der Waals surface area contributed by atoms with E-state index in [4.69, 9.17) is 4.74 Å². The number of nitriles is 1. The Hall–Kier alpha value is -2.80. The molecule has 1 aliphatic heterocycles. The van der Waals surface area contributed by atoms with E-state index < -0.39 is 5.97 Å². The number of rotatable bonds is 18. The second-order valence-corrected chi connectivity index (χ2v) is 9.66. The fourth-order valence-corrected chi connectivity index (χ4v) is 4.66. The van der Waals surface area contributed by atoms with Crippen LogP contribution in [0.25, 0.3) is 5.57 Å². The molecule has 2 rings (SSSR count). The maximum absolute atomic E-state index is 11.9. The van der Waals surface area contributed by atoms with Crippen molar-refractivity contribution in [1.29, 1.82) is 5.26 Å². The van der Waals surface area contributed by atoms with E-state index in [0.717, 1.165) is 17.7 Å². The summed E-state index contributed by atoms with van der Waals surface area (Å²) < 4.78 is 4.95. The van der Waals surface area contributed by atoms with Gasteiger partial charge in [0.25, 0.3) is 0 Å². The number of carbonyl (C=O) groups excluding carboxylic acids is 1. The molecule has 1 aromatic rings. The molecular formula is C32H46N2O2. The Morgan fingerprint density at radius 1 is 0.889 bits per heavy atom. The van der Waals surface area contributed by atoms with Crippen molar-refractivity contribution in [2.75, 3.05) is 18.1 Å². The lowest BCUT2D eigenvalue weighted by Gasteiger charge is -2.27. The predicted molar refractivity (Wildman–Crippen MR) is 152 cm³/mol. The van der Waals surface area contributed by atoms with Crippen molar-refractivity contribution in [1.82, 2.24) is 0 Å². The summed E-state index contributed by atoms with van der Waals surface area (Å²) in [6.45, 7) is 5.27. The van der Waals surface area contributed by atoms with Gasteiger partial charge in [0.15, 0.2) is 0 Å². The largest absolute Gasteiger partial charge is 0.462 e. The van der Waals surface area contributed by atoms with Gasteiger partial charge < -0.3 is 9.64 Å². The van der Waals surface area contributed by atoms with Gasteiger partial charge in [-0.25, -0.2) is 4.79 Å². The van der Waals surface area contributed by atoms with Crippen LogP contribution in [-0.2, 0) is 9.53 Å². The second-order valence-electron chi connectivity index (χ2n) is 9.66. The Morgan fingerprint density at radius 3 is 2.06 bits per heavy atom. The first-order valence-corrected chi connectivity index (χ1v) is 14.2. The average molecular weight is 491 g/mol.